The summed E-state index contributed by atoms with van der Waals surface area (Å²) in [7, 11) is 0. The lowest BCUT2D eigenvalue weighted by atomic mass is 10.1. The number of hydrogen-bond acceptors (Lipinski definition) is 5. The van der Waals surface area contributed by atoms with Crippen LogP contribution in [0.3, 0.4) is 0 Å². The minimum atomic E-state index is -0.00341. The quantitative estimate of drug-likeness (QED) is 0.516. The van der Waals surface area contributed by atoms with Crippen LogP contribution in [-0.2, 0) is 11.3 Å². The number of thiazole rings is 1. The summed E-state index contributed by atoms with van der Waals surface area (Å²) >= 11 is 1.62. The first kappa shape index (κ1) is 19.9. The number of hydrogen-bond donors (Lipinski definition) is 0. The van der Waals surface area contributed by atoms with E-state index in [-0.39, 0.29) is 18.5 Å². The molecule has 0 saturated carbocycles. The molecule has 1 atom stereocenters. The van der Waals surface area contributed by atoms with E-state index in [0.29, 0.717) is 5.75 Å². The molecule has 1 fully saturated rings. The van der Waals surface area contributed by atoms with Crippen LogP contribution in [0, 0.1) is 20.8 Å². The molecule has 152 valence electrons. The molecule has 0 radical (unpaired) electrons. The molecule has 3 aromatic rings. The summed E-state index contributed by atoms with van der Waals surface area (Å²) in [4.78, 5) is 17.2. The van der Waals surface area contributed by atoms with Crippen LogP contribution in [0.5, 0.6) is 5.75 Å². The van der Waals surface area contributed by atoms with E-state index in [1.807, 2.05) is 56.5 Å². The smallest absolute Gasteiger partial charge is 0.202 e. The number of aromatic nitrogens is 2. The van der Waals surface area contributed by atoms with E-state index in [1.54, 1.807) is 11.3 Å². The molecule has 0 amide bonds. The topological polar surface area (TPSA) is 53.4 Å². The number of ketones is 1. The minimum Gasteiger partial charge on any atom is -0.485 e. The first-order valence-electron chi connectivity index (χ1n) is 9.98. The van der Waals surface area contributed by atoms with Crippen LogP contribution in [0.2, 0.25) is 0 Å². The second-order valence-corrected chi connectivity index (χ2v) is 8.42. The fourth-order valence-corrected chi connectivity index (χ4v) is 4.57. The predicted octanol–water partition coefficient (Wildman–Crippen LogP) is 4.98. The molecule has 1 unspecified atom stereocenters. The Morgan fingerprint density at radius 3 is 2.72 bits per heavy atom. The van der Waals surface area contributed by atoms with Crippen molar-refractivity contribution in [1.82, 2.24) is 9.55 Å². The van der Waals surface area contributed by atoms with Gasteiger partial charge in [0.25, 0.3) is 0 Å². The number of rotatable bonds is 7. The van der Waals surface area contributed by atoms with Gasteiger partial charge < -0.3 is 14.0 Å². The molecule has 0 N–H and O–H groups in total. The molecular weight excluding hydrogens is 384 g/mol. The number of benzene rings is 1. The lowest BCUT2D eigenvalue weighted by molar-refractivity contribution is 0.0914. The van der Waals surface area contributed by atoms with Crippen LogP contribution in [-0.4, -0.2) is 34.7 Å². The van der Waals surface area contributed by atoms with E-state index in [1.165, 1.54) is 0 Å². The minimum absolute atomic E-state index is 0.00341. The molecule has 2 aromatic heterocycles. The van der Waals surface area contributed by atoms with Gasteiger partial charge in [-0.05, 0) is 63.9 Å². The van der Waals surface area contributed by atoms with E-state index >= 15 is 0 Å². The van der Waals surface area contributed by atoms with E-state index < -0.39 is 0 Å². The van der Waals surface area contributed by atoms with Gasteiger partial charge in [0.15, 0.2) is 6.61 Å². The number of aryl methyl sites for hydroxylation is 2. The summed E-state index contributed by atoms with van der Waals surface area (Å²) in [6.07, 6.45) is 2.45. The van der Waals surface area contributed by atoms with Gasteiger partial charge in [-0.1, -0.05) is 0 Å². The molecule has 29 heavy (non-hydrogen) atoms. The lowest BCUT2D eigenvalue weighted by Gasteiger charge is -2.14. The monoisotopic (exact) mass is 410 g/mol. The number of carbonyl (C=O) groups excluding carboxylic acids is 1. The van der Waals surface area contributed by atoms with E-state index in [0.717, 1.165) is 59.2 Å². The van der Waals surface area contributed by atoms with Crippen LogP contribution in [0.15, 0.2) is 35.7 Å². The second kappa shape index (κ2) is 8.51. The standard InChI is InChI=1S/C23H26N2O3S/c1-15-14-29-23(24-15)18-6-8-19(9-7-18)28-13-22(26)21-11-16(2)25(17(21)3)12-20-5-4-10-27-20/h6-9,11,14,20H,4-5,10,12-13H2,1-3H3. The van der Waals surface area contributed by atoms with Crippen LogP contribution >= 0.6 is 11.3 Å². The molecule has 0 aliphatic carbocycles. The Morgan fingerprint density at radius 2 is 2.07 bits per heavy atom. The van der Waals surface area contributed by atoms with Crippen molar-refractivity contribution in [2.24, 2.45) is 0 Å². The van der Waals surface area contributed by atoms with Gasteiger partial charge in [0.2, 0.25) is 5.78 Å². The first-order valence-corrected chi connectivity index (χ1v) is 10.9. The van der Waals surface area contributed by atoms with Crippen molar-refractivity contribution in [2.45, 2.75) is 46.3 Å². The molecule has 4 rings (SSSR count). The number of Topliss-reactive ketones (excluding diaryl/α,β-unsaturated/α-hetero) is 1. The Labute approximate surface area is 175 Å². The van der Waals surface area contributed by atoms with Crippen molar-refractivity contribution < 1.29 is 14.3 Å². The Balaban J connectivity index is 1.39. The zero-order valence-electron chi connectivity index (χ0n) is 17.1. The molecule has 0 spiro atoms. The highest BCUT2D eigenvalue weighted by Crippen LogP contribution is 2.26. The normalized spacial score (nSPS) is 16.3. The Bertz CT molecular complexity index is 998. The zero-order chi connectivity index (χ0) is 20.4. The van der Waals surface area contributed by atoms with Crippen LogP contribution in [0.25, 0.3) is 10.6 Å². The Morgan fingerprint density at radius 1 is 1.28 bits per heavy atom. The molecule has 3 heterocycles. The molecule has 1 aromatic carbocycles. The van der Waals surface area contributed by atoms with Crippen LogP contribution in [0.1, 0.15) is 40.3 Å². The largest absolute Gasteiger partial charge is 0.485 e. The van der Waals surface area contributed by atoms with Gasteiger partial charge in [0.1, 0.15) is 10.8 Å². The van der Waals surface area contributed by atoms with Crippen molar-refractivity contribution >= 4 is 17.1 Å². The van der Waals surface area contributed by atoms with E-state index in [4.69, 9.17) is 9.47 Å². The summed E-state index contributed by atoms with van der Waals surface area (Å²) in [5.74, 6) is 0.680. The summed E-state index contributed by atoms with van der Waals surface area (Å²) < 4.78 is 13.7. The average molecular weight is 411 g/mol. The van der Waals surface area contributed by atoms with Crippen molar-refractivity contribution in [2.75, 3.05) is 13.2 Å². The number of ether oxygens (including phenoxy) is 2. The van der Waals surface area contributed by atoms with Gasteiger partial charge in [0, 0.05) is 46.7 Å². The average Bonchev–Trinajstić information content (AvgIpc) is 3.45. The highest BCUT2D eigenvalue weighted by atomic mass is 32.1. The Hall–Kier alpha value is -2.44. The van der Waals surface area contributed by atoms with Crippen molar-refractivity contribution in [1.29, 1.82) is 0 Å². The fraction of sp³-hybridized carbons (Fsp3) is 0.391. The summed E-state index contributed by atoms with van der Waals surface area (Å²) in [5, 5.41) is 3.03. The first-order chi connectivity index (χ1) is 14.0. The third kappa shape index (κ3) is 4.43. The highest BCUT2D eigenvalue weighted by Gasteiger charge is 2.21. The zero-order valence-corrected chi connectivity index (χ0v) is 17.9. The van der Waals surface area contributed by atoms with Crippen molar-refractivity contribution in [3.05, 3.63) is 58.4 Å². The maximum atomic E-state index is 12.8. The van der Waals surface area contributed by atoms with Gasteiger partial charge in [-0.25, -0.2) is 4.98 Å². The maximum absolute atomic E-state index is 12.8. The number of carbonyl (C=O) groups is 1. The van der Waals surface area contributed by atoms with Gasteiger partial charge >= 0.3 is 0 Å². The van der Waals surface area contributed by atoms with Gasteiger partial charge in [-0.2, -0.15) is 0 Å². The molecule has 1 aliphatic heterocycles. The molecule has 0 bridgehead atoms. The number of nitrogens with zero attached hydrogens (tertiary/aromatic N) is 2. The van der Waals surface area contributed by atoms with Gasteiger partial charge in [-0.3, -0.25) is 4.79 Å². The summed E-state index contributed by atoms with van der Waals surface area (Å²) in [6, 6.07) is 9.70. The predicted molar refractivity (Wildman–Crippen MR) is 115 cm³/mol. The third-order valence-corrected chi connectivity index (χ3v) is 6.38. The van der Waals surface area contributed by atoms with Crippen molar-refractivity contribution in [3.8, 4) is 16.3 Å². The lowest BCUT2D eigenvalue weighted by Crippen LogP contribution is -2.18. The summed E-state index contributed by atoms with van der Waals surface area (Å²) in [6.45, 7) is 7.70. The fourth-order valence-electron chi connectivity index (χ4n) is 3.76. The molecule has 1 aliphatic rings. The SMILES string of the molecule is Cc1csc(-c2ccc(OCC(=O)c3cc(C)n(CC4CCCO4)c3C)cc2)n1. The Kier molecular flexibility index (Phi) is 5.83. The van der Waals surface area contributed by atoms with E-state index in [9.17, 15) is 4.79 Å². The van der Waals surface area contributed by atoms with Gasteiger partial charge in [-0.15, -0.1) is 11.3 Å². The molecule has 6 heteroatoms. The second-order valence-electron chi connectivity index (χ2n) is 7.56. The summed E-state index contributed by atoms with van der Waals surface area (Å²) in [5.41, 5.74) is 4.88. The molecular formula is C23H26N2O3S. The highest BCUT2D eigenvalue weighted by molar-refractivity contribution is 7.13. The molecule has 1 saturated heterocycles. The van der Waals surface area contributed by atoms with E-state index in [2.05, 4.69) is 9.55 Å². The van der Waals surface area contributed by atoms with Crippen LogP contribution < -0.4 is 4.74 Å². The third-order valence-electron chi connectivity index (χ3n) is 5.37. The molecule has 5 nitrogen and oxygen atoms in total. The van der Waals surface area contributed by atoms with Crippen molar-refractivity contribution in [3.63, 3.8) is 0 Å². The maximum Gasteiger partial charge on any atom is 0.202 e. The van der Waals surface area contributed by atoms with Gasteiger partial charge in [0.05, 0.1) is 6.10 Å². The van der Waals surface area contributed by atoms with Crippen LogP contribution in [0.4, 0.5) is 0 Å².